The molecule has 0 aromatic heterocycles. The van der Waals surface area contributed by atoms with Crippen molar-refractivity contribution in [3.05, 3.63) is 53.8 Å². The summed E-state index contributed by atoms with van der Waals surface area (Å²) in [4.78, 5) is 0. The normalized spacial score (nSPS) is 23.7. The predicted molar refractivity (Wildman–Crippen MR) is 74.6 cm³/mol. The summed E-state index contributed by atoms with van der Waals surface area (Å²) in [7, 11) is -1.96. The fourth-order valence-corrected chi connectivity index (χ4v) is 4.85. The van der Waals surface area contributed by atoms with Crippen molar-refractivity contribution in [1.29, 1.82) is 0 Å². The molecule has 0 bridgehead atoms. The summed E-state index contributed by atoms with van der Waals surface area (Å²) in [5, 5.41) is 2.64. The highest BCUT2D eigenvalue weighted by Gasteiger charge is 2.31. The van der Waals surface area contributed by atoms with Gasteiger partial charge in [-0.1, -0.05) is 55.5 Å². The van der Waals surface area contributed by atoms with Crippen LogP contribution in [0, 0.1) is 5.92 Å². The molecule has 1 aliphatic rings. The summed E-state index contributed by atoms with van der Waals surface area (Å²) in [5.41, 5.74) is 0. The number of rotatable bonds is 2. The molecule has 0 spiro atoms. The van der Waals surface area contributed by atoms with E-state index >= 15 is 0 Å². The Morgan fingerprint density at radius 1 is 1.25 bits per heavy atom. The highest BCUT2D eigenvalue weighted by Crippen LogP contribution is 2.26. The van der Waals surface area contributed by atoms with Crippen LogP contribution in [-0.2, 0) is 0 Å². The van der Waals surface area contributed by atoms with Gasteiger partial charge in [0, 0.05) is 0 Å². The maximum Gasteiger partial charge on any atom is 0.213 e. The quantitative estimate of drug-likeness (QED) is 0.552. The van der Waals surface area contributed by atoms with Crippen molar-refractivity contribution in [1.82, 2.24) is 0 Å². The zero-order valence-corrected chi connectivity index (χ0v) is 11.5. The number of allylic oxidation sites excluding steroid dienone is 4. The second-order valence-corrected chi connectivity index (χ2v) is 10.0. The van der Waals surface area contributed by atoms with Crippen LogP contribution >= 0.6 is 11.1 Å². The lowest BCUT2D eigenvalue weighted by Gasteiger charge is -2.24. The highest BCUT2D eigenvalue weighted by molar-refractivity contribution is 7.30. The second kappa shape index (κ2) is 4.60. The van der Waals surface area contributed by atoms with Gasteiger partial charge in [-0.05, 0) is 29.3 Å². The summed E-state index contributed by atoms with van der Waals surface area (Å²) in [6.45, 7) is 4.44. The molecule has 16 heavy (non-hydrogen) atoms. The van der Waals surface area contributed by atoms with Crippen LogP contribution in [0.1, 0.15) is 13.3 Å². The first-order valence-electron chi connectivity index (χ1n) is 5.74. The molecule has 0 heterocycles. The van der Waals surface area contributed by atoms with Crippen LogP contribution in [0.25, 0.3) is 0 Å². The van der Waals surface area contributed by atoms with E-state index in [0.717, 1.165) is 6.42 Å². The molecular formula is C14H17ClSi. The largest absolute Gasteiger partial charge is 0.213 e. The molecule has 0 aliphatic heterocycles. The highest BCUT2D eigenvalue weighted by atomic mass is 35.6. The van der Waals surface area contributed by atoms with Gasteiger partial charge in [-0.2, -0.15) is 11.1 Å². The van der Waals surface area contributed by atoms with Gasteiger partial charge in [0.05, 0.1) is 0 Å². The molecule has 0 fully saturated rings. The predicted octanol–water partition coefficient (Wildman–Crippen LogP) is 3.77. The zero-order chi connectivity index (χ0) is 11.6. The molecule has 2 unspecified atom stereocenters. The molecule has 0 amide bonds. The maximum absolute atomic E-state index is 6.81. The van der Waals surface area contributed by atoms with Gasteiger partial charge in [0.1, 0.15) is 0 Å². The molecule has 2 atom stereocenters. The van der Waals surface area contributed by atoms with Gasteiger partial charge in [-0.3, -0.25) is 0 Å². The van der Waals surface area contributed by atoms with E-state index in [2.05, 4.69) is 56.0 Å². The minimum Gasteiger partial charge on any atom is -0.155 e. The van der Waals surface area contributed by atoms with Gasteiger partial charge in [-0.25, -0.2) is 0 Å². The van der Waals surface area contributed by atoms with Crippen molar-refractivity contribution in [3.8, 4) is 0 Å². The van der Waals surface area contributed by atoms with E-state index in [1.54, 1.807) is 0 Å². The average Bonchev–Trinajstić information content (AvgIpc) is 2.31. The molecule has 0 N–H and O–H groups in total. The van der Waals surface area contributed by atoms with Gasteiger partial charge in [0.15, 0.2) is 0 Å². The van der Waals surface area contributed by atoms with Crippen LogP contribution in [0.5, 0.6) is 0 Å². The third-order valence-electron chi connectivity index (χ3n) is 3.17. The third kappa shape index (κ3) is 2.31. The molecule has 2 rings (SSSR count). The van der Waals surface area contributed by atoms with E-state index in [9.17, 15) is 0 Å². The molecule has 0 saturated heterocycles. The summed E-state index contributed by atoms with van der Waals surface area (Å²) in [6, 6.07) is 10.5. The van der Waals surface area contributed by atoms with Crippen molar-refractivity contribution in [2.24, 2.45) is 5.92 Å². The Kier molecular flexibility index (Phi) is 3.36. The van der Waals surface area contributed by atoms with E-state index in [1.807, 2.05) is 6.07 Å². The Morgan fingerprint density at radius 2 is 1.94 bits per heavy atom. The van der Waals surface area contributed by atoms with E-state index in [-0.39, 0.29) is 0 Å². The second-order valence-electron chi connectivity index (χ2n) is 4.60. The molecule has 2 heteroatoms. The van der Waals surface area contributed by atoms with Crippen LogP contribution in [0.2, 0.25) is 6.55 Å². The number of halogens is 1. The third-order valence-corrected chi connectivity index (χ3v) is 7.35. The van der Waals surface area contributed by atoms with Crippen molar-refractivity contribution in [3.63, 3.8) is 0 Å². The van der Waals surface area contributed by atoms with Crippen molar-refractivity contribution in [2.45, 2.75) is 19.9 Å². The van der Waals surface area contributed by atoms with Gasteiger partial charge < -0.3 is 0 Å². The van der Waals surface area contributed by atoms with Crippen LogP contribution in [0.3, 0.4) is 0 Å². The fourth-order valence-electron chi connectivity index (χ4n) is 1.99. The van der Waals surface area contributed by atoms with Gasteiger partial charge in [0.25, 0.3) is 0 Å². The standard InChI is InChI=1S/C14H17ClSi/c1-12-8-10-14(11-9-12)16(2,15)13-6-4-3-5-7-13/h3-8,10-12H,9H2,1-2H3. The van der Waals surface area contributed by atoms with Crippen LogP contribution in [-0.4, -0.2) is 7.38 Å². The Bertz CT molecular complexity index is 418. The molecule has 84 valence electrons. The van der Waals surface area contributed by atoms with Crippen molar-refractivity contribution in [2.75, 3.05) is 0 Å². The lowest BCUT2D eigenvalue weighted by atomic mass is 10.0. The number of hydrogen-bond acceptors (Lipinski definition) is 0. The molecule has 1 aromatic rings. The Labute approximate surface area is 103 Å². The SMILES string of the molecule is CC1C=CC([Si](C)(Cl)c2ccccc2)=CC1. The first kappa shape index (κ1) is 11.7. The fraction of sp³-hybridized carbons (Fsp3) is 0.286. The van der Waals surface area contributed by atoms with E-state index in [4.69, 9.17) is 11.1 Å². The average molecular weight is 249 g/mol. The van der Waals surface area contributed by atoms with Crippen LogP contribution in [0.4, 0.5) is 0 Å². The first-order valence-corrected chi connectivity index (χ1v) is 9.25. The van der Waals surface area contributed by atoms with Crippen molar-refractivity contribution < 1.29 is 0 Å². The van der Waals surface area contributed by atoms with Gasteiger partial charge >= 0.3 is 0 Å². The molecule has 0 saturated carbocycles. The van der Waals surface area contributed by atoms with Crippen LogP contribution in [0.15, 0.2) is 53.8 Å². The van der Waals surface area contributed by atoms with E-state index < -0.39 is 7.38 Å². The monoisotopic (exact) mass is 248 g/mol. The first-order chi connectivity index (χ1) is 7.60. The molecule has 0 radical (unpaired) electrons. The Morgan fingerprint density at radius 3 is 2.50 bits per heavy atom. The minimum absolute atomic E-state index is 0.654. The van der Waals surface area contributed by atoms with E-state index in [0.29, 0.717) is 5.92 Å². The summed E-state index contributed by atoms with van der Waals surface area (Å²) >= 11 is 6.81. The lowest BCUT2D eigenvalue weighted by molar-refractivity contribution is 0.734. The topological polar surface area (TPSA) is 0 Å². The Hall–Kier alpha value is -0.793. The Balaban J connectivity index is 2.30. The smallest absolute Gasteiger partial charge is 0.155 e. The molecule has 0 nitrogen and oxygen atoms in total. The van der Waals surface area contributed by atoms with E-state index in [1.165, 1.54) is 10.4 Å². The maximum atomic E-state index is 6.81. The summed E-state index contributed by atoms with van der Waals surface area (Å²) in [5.74, 6) is 0.654. The molecule has 1 aliphatic carbocycles. The summed E-state index contributed by atoms with van der Waals surface area (Å²) in [6.07, 6.45) is 7.93. The number of hydrogen-bond donors (Lipinski definition) is 0. The zero-order valence-electron chi connectivity index (χ0n) is 9.78. The minimum atomic E-state index is -1.96. The number of benzene rings is 1. The van der Waals surface area contributed by atoms with Crippen molar-refractivity contribution >= 4 is 23.6 Å². The van der Waals surface area contributed by atoms with Gasteiger partial charge in [0.2, 0.25) is 7.38 Å². The van der Waals surface area contributed by atoms with Crippen LogP contribution < -0.4 is 5.19 Å². The van der Waals surface area contributed by atoms with Gasteiger partial charge in [-0.15, -0.1) is 0 Å². The molecular weight excluding hydrogens is 232 g/mol. The summed E-state index contributed by atoms with van der Waals surface area (Å²) < 4.78 is 0. The lowest BCUT2D eigenvalue weighted by Crippen LogP contribution is -2.41. The molecule has 1 aromatic carbocycles.